The van der Waals surface area contributed by atoms with E-state index in [4.69, 9.17) is 32.7 Å². The molecule has 0 aromatic heterocycles. The number of hydrogen-bond acceptors (Lipinski definition) is 14. The van der Waals surface area contributed by atoms with Crippen molar-refractivity contribution in [1.82, 2.24) is 9.44 Å². The Morgan fingerprint density at radius 3 is 1.40 bits per heavy atom. The molecule has 82 heavy (non-hydrogen) atoms. The van der Waals surface area contributed by atoms with Gasteiger partial charge in [-0.15, -0.1) is 0 Å². The lowest BCUT2D eigenvalue weighted by atomic mass is 9.68. The molecule has 4 aromatic rings. The smallest absolute Gasteiger partial charge is 0.264 e. The van der Waals surface area contributed by atoms with Gasteiger partial charge in [0.1, 0.15) is 11.5 Å². The number of carbonyl (C=O) groups is 2. The highest BCUT2D eigenvalue weighted by atomic mass is 35.5. The number of nitrogens with zero attached hydrogens (tertiary/aromatic N) is 4. The molecule has 12 rings (SSSR count). The molecule has 20 heteroatoms. The first kappa shape index (κ1) is 57.7. The van der Waals surface area contributed by atoms with Gasteiger partial charge in [-0.3, -0.25) is 9.59 Å². The average Bonchev–Trinajstić information content (AvgIpc) is 2.80. The third-order valence-corrected chi connectivity index (χ3v) is 22.3. The molecule has 0 saturated heterocycles. The number of anilines is 2. The van der Waals surface area contributed by atoms with E-state index in [1.165, 1.54) is 22.3 Å². The molecule has 0 unspecified atom stereocenters. The molecule has 4 heterocycles. The van der Waals surface area contributed by atoms with Gasteiger partial charge in [-0.05, 0) is 196 Å². The van der Waals surface area contributed by atoms with Gasteiger partial charge < -0.3 is 29.5 Å². The molecule has 432 valence electrons. The summed E-state index contributed by atoms with van der Waals surface area (Å²) in [6.45, 7) is 3.60. The second-order valence-electron chi connectivity index (χ2n) is 23.8. The van der Waals surface area contributed by atoms with Gasteiger partial charge in [-0.25, -0.2) is 26.3 Å². The largest absolute Gasteiger partial charge is 0.490 e. The minimum absolute atomic E-state index is 0.0248. The average molecular weight is 1190 g/mol. The Labute approximate surface area is 490 Å². The molecule has 4 aliphatic heterocycles. The van der Waals surface area contributed by atoms with Crippen LogP contribution >= 0.6 is 23.2 Å². The van der Waals surface area contributed by atoms with Gasteiger partial charge in [-0.1, -0.05) is 59.6 Å². The van der Waals surface area contributed by atoms with Crippen LogP contribution in [0.4, 0.5) is 11.4 Å². The van der Waals surface area contributed by atoms with Crippen LogP contribution in [0.1, 0.15) is 120 Å². The summed E-state index contributed by atoms with van der Waals surface area (Å²) >= 11 is 12.7. The molecule has 4 bridgehead atoms. The van der Waals surface area contributed by atoms with Crippen molar-refractivity contribution >= 4 is 66.4 Å². The number of halogens is 2. The Morgan fingerprint density at radius 2 is 1.01 bits per heavy atom. The first-order valence-electron chi connectivity index (χ1n) is 28.6. The molecular formula is C62H68Cl2N6O10S2. The van der Waals surface area contributed by atoms with Gasteiger partial charge in [0, 0.05) is 58.2 Å². The number of aliphatic hydroxyl groups is 2. The second-order valence-corrected chi connectivity index (χ2v) is 28.4. The molecular weight excluding hydrogens is 1120 g/mol. The molecule has 10 atom stereocenters. The number of aliphatic hydroxyl groups excluding tert-OH is 2. The van der Waals surface area contributed by atoms with Crippen molar-refractivity contribution in [3.8, 4) is 23.6 Å². The topological polar surface area (TPSA) is 239 Å². The van der Waals surface area contributed by atoms with E-state index >= 15 is 0 Å². The minimum atomic E-state index is -4.23. The van der Waals surface area contributed by atoms with Crippen LogP contribution in [-0.4, -0.2) is 101 Å². The fourth-order valence-electron chi connectivity index (χ4n) is 14.0. The molecule has 4 aromatic carbocycles. The van der Waals surface area contributed by atoms with Crippen LogP contribution < -0.4 is 28.7 Å². The summed E-state index contributed by atoms with van der Waals surface area (Å²) in [4.78, 5) is 30.9. The number of fused-ring (bicyclic) bond motifs is 8. The van der Waals surface area contributed by atoms with Gasteiger partial charge in [-0.2, -0.15) is 10.5 Å². The Morgan fingerprint density at radius 1 is 0.585 bits per heavy atom. The lowest BCUT2D eigenvalue weighted by molar-refractivity contribution is 0.0454. The third kappa shape index (κ3) is 11.6. The van der Waals surface area contributed by atoms with Crippen molar-refractivity contribution in [3.63, 3.8) is 0 Å². The summed E-state index contributed by atoms with van der Waals surface area (Å²) < 4.78 is 68.9. The van der Waals surface area contributed by atoms with E-state index in [1.807, 2.05) is 36.4 Å². The van der Waals surface area contributed by atoms with E-state index in [-0.39, 0.29) is 58.5 Å². The van der Waals surface area contributed by atoms with Gasteiger partial charge in [0.15, 0.2) is 10.5 Å². The molecule has 2 amide bonds. The van der Waals surface area contributed by atoms with Crippen molar-refractivity contribution in [2.24, 2.45) is 23.7 Å². The third-order valence-electron chi connectivity index (χ3n) is 18.7. The van der Waals surface area contributed by atoms with Crippen LogP contribution in [0.25, 0.3) is 0 Å². The summed E-state index contributed by atoms with van der Waals surface area (Å²) in [5, 5.41) is 39.7. The second kappa shape index (κ2) is 23.5. The summed E-state index contributed by atoms with van der Waals surface area (Å²) in [5.74, 6) is 0.342. The first-order valence-corrected chi connectivity index (χ1v) is 32.4. The Hall–Kier alpha value is -6.12. The van der Waals surface area contributed by atoms with Crippen molar-refractivity contribution < 1.29 is 46.1 Å². The zero-order valence-corrected chi connectivity index (χ0v) is 48.7. The number of benzene rings is 4. The van der Waals surface area contributed by atoms with Gasteiger partial charge in [0.05, 0.1) is 48.9 Å². The summed E-state index contributed by atoms with van der Waals surface area (Å²) in [6, 6.07) is 25.8. The molecule has 4 aliphatic carbocycles. The zero-order valence-electron chi connectivity index (χ0n) is 45.5. The number of sulfonamides is 2. The molecule has 2 fully saturated rings. The van der Waals surface area contributed by atoms with Crippen LogP contribution in [0.15, 0.2) is 97.1 Å². The quantitative estimate of drug-likeness (QED) is 0.120. The number of allylic oxidation sites excluding steroid dienone is 2. The highest BCUT2D eigenvalue weighted by molar-refractivity contribution is 7.91. The molecule has 0 radical (unpaired) electrons. The zero-order chi connectivity index (χ0) is 57.6. The SMILES string of the molecule is N#C[C@@H]1CC/C=C\[C@H](O)[C@@H]2CC[C@H]2CN2C[C@@]3(CCCc4cc(Cl)ccc43)COc3ccc(cc32)C(=O)NS1(=O)=O.N#C[C@H]1CC/C=C\[C@H](O)[C@@H]2CC[C@H]2CN2C[C@@]3(CCCc4cc(Cl)ccc43)COc3ccc(cc32)C(=O)NS1(=O)=O. The van der Waals surface area contributed by atoms with Crippen molar-refractivity contribution in [2.75, 3.05) is 49.2 Å². The predicted molar refractivity (Wildman–Crippen MR) is 313 cm³/mol. The van der Waals surface area contributed by atoms with E-state index in [9.17, 15) is 47.2 Å². The maximum atomic E-state index is 13.2. The van der Waals surface area contributed by atoms with Crippen LogP contribution in [0.2, 0.25) is 10.0 Å². The number of nitrogens with one attached hydrogen (secondary N) is 2. The van der Waals surface area contributed by atoms with Gasteiger partial charge in [0.2, 0.25) is 0 Å². The summed E-state index contributed by atoms with van der Waals surface area (Å²) in [7, 11) is -8.47. The standard InChI is InChI=1S/2C31H34ClN3O5S/c2*32-23-9-11-26-20(14-23)4-3-13-31(26)18-35-17-22-7-10-25(22)28(36)6-2-1-5-24(16-33)41(38,39)34-30(37)21-8-12-29(40-19-31)27(35)15-21/h2*2,6,8-9,11-12,14-15,22,24-25,28,36H,1,3-5,7,10,13,17-19H2,(H,34,37)/b2*6-2-/t22-,24+,25+,28-,31-;22-,24-,25+,28-,31-/m00/s1. The number of ether oxygens (including phenoxy) is 2. The van der Waals surface area contributed by atoms with Crippen LogP contribution in [0.3, 0.4) is 0 Å². The predicted octanol–water partition coefficient (Wildman–Crippen LogP) is 9.00. The maximum Gasteiger partial charge on any atom is 0.264 e. The number of amides is 2. The van der Waals surface area contributed by atoms with Crippen LogP contribution in [-0.2, 0) is 43.7 Å². The summed E-state index contributed by atoms with van der Waals surface area (Å²) in [6.07, 6.45) is 15.8. The lowest BCUT2D eigenvalue weighted by Crippen LogP contribution is -2.49. The fourth-order valence-corrected chi connectivity index (χ4v) is 16.6. The molecule has 16 nitrogen and oxygen atoms in total. The van der Waals surface area contributed by atoms with Gasteiger partial charge >= 0.3 is 0 Å². The number of nitriles is 2. The van der Waals surface area contributed by atoms with E-state index in [0.29, 0.717) is 73.8 Å². The number of carbonyl (C=O) groups excluding carboxylic acids is 2. The highest BCUT2D eigenvalue weighted by Gasteiger charge is 2.47. The fraction of sp³-hybridized carbons (Fsp3) is 0.484. The van der Waals surface area contributed by atoms with Crippen molar-refractivity contribution in [2.45, 2.75) is 123 Å². The van der Waals surface area contributed by atoms with E-state index in [0.717, 1.165) is 75.6 Å². The number of rotatable bonds is 0. The Kier molecular flexibility index (Phi) is 16.5. The number of hydrogen-bond donors (Lipinski definition) is 4. The van der Waals surface area contributed by atoms with Crippen molar-refractivity contribution in [1.29, 1.82) is 10.5 Å². The maximum absolute atomic E-state index is 13.2. The molecule has 4 N–H and O–H groups in total. The van der Waals surface area contributed by atoms with E-state index in [2.05, 4.69) is 31.4 Å². The highest BCUT2D eigenvalue weighted by Crippen LogP contribution is 2.49. The Balaban J connectivity index is 0.000000172. The monoisotopic (exact) mass is 1190 g/mol. The van der Waals surface area contributed by atoms with Crippen molar-refractivity contribution in [3.05, 3.63) is 141 Å². The van der Waals surface area contributed by atoms with E-state index in [1.54, 1.807) is 60.7 Å². The van der Waals surface area contributed by atoms with Gasteiger partial charge in [0.25, 0.3) is 31.9 Å². The molecule has 2 spiro atoms. The summed E-state index contributed by atoms with van der Waals surface area (Å²) in [5.41, 5.74) is 6.16. The Bertz CT molecular complexity index is 3300. The van der Waals surface area contributed by atoms with E-state index < -0.39 is 54.6 Å². The van der Waals surface area contributed by atoms with Crippen LogP contribution in [0, 0.1) is 46.3 Å². The first-order chi connectivity index (χ1) is 39.4. The molecule has 8 aliphatic rings. The molecule has 2 saturated carbocycles. The van der Waals surface area contributed by atoms with Crippen LogP contribution in [0.5, 0.6) is 11.5 Å². The lowest BCUT2D eigenvalue weighted by Gasteiger charge is -2.45. The normalized spacial score (nSPS) is 31.7. The minimum Gasteiger partial charge on any atom is -0.490 e. The number of aryl methyl sites for hydroxylation is 2.